The Morgan fingerprint density at radius 2 is 1.56 bits per heavy atom. The van der Waals surface area contributed by atoms with Gasteiger partial charge in [-0.1, -0.05) is 60.7 Å². The summed E-state index contributed by atoms with van der Waals surface area (Å²) in [7, 11) is -2.14. The van der Waals surface area contributed by atoms with Gasteiger partial charge in [0, 0.05) is 38.2 Å². The molecule has 0 radical (unpaired) electrons. The maximum atomic E-state index is 13.9. The Kier molecular flexibility index (Phi) is 11.8. The zero-order valence-corrected chi connectivity index (χ0v) is 27.4. The van der Waals surface area contributed by atoms with Crippen molar-refractivity contribution in [1.29, 1.82) is 0 Å². The molecular formula is C36H38FN3O7S. The summed E-state index contributed by atoms with van der Waals surface area (Å²) in [5.41, 5.74) is 2.23. The van der Waals surface area contributed by atoms with Crippen molar-refractivity contribution >= 4 is 21.8 Å². The summed E-state index contributed by atoms with van der Waals surface area (Å²) in [5.74, 6) is -0.398. The lowest BCUT2D eigenvalue weighted by molar-refractivity contribution is -0.142. The number of morpholine rings is 1. The van der Waals surface area contributed by atoms with E-state index in [2.05, 4.69) is 5.32 Å². The summed E-state index contributed by atoms with van der Waals surface area (Å²) in [6.45, 7) is 0.968. The minimum Gasteiger partial charge on any atom is -0.496 e. The highest BCUT2D eigenvalue weighted by atomic mass is 32.2. The molecule has 1 aliphatic heterocycles. The molecule has 5 rings (SSSR count). The van der Waals surface area contributed by atoms with E-state index in [1.165, 1.54) is 45.6 Å². The van der Waals surface area contributed by atoms with E-state index in [9.17, 15) is 22.4 Å². The molecule has 4 aromatic carbocycles. The first-order valence-corrected chi connectivity index (χ1v) is 17.0. The van der Waals surface area contributed by atoms with Crippen LogP contribution in [0.5, 0.6) is 11.5 Å². The Morgan fingerprint density at radius 3 is 2.25 bits per heavy atom. The maximum Gasteiger partial charge on any atom is 0.261 e. The lowest BCUT2D eigenvalue weighted by Crippen LogP contribution is -2.51. The van der Waals surface area contributed by atoms with Crippen LogP contribution in [0.15, 0.2) is 108 Å². The number of sulfonamides is 1. The number of carbonyl (C=O) groups excluding carboxylic acids is 2. The average molecular weight is 676 g/mol. The van der Waals surface area contributed by atoms with E-state index in [1.54, 1.807) is 25.3 Å². The molecule has 2 amide bonds. The van der Waals surface area contributed by atoms with Crippen molar-refractivity contribution < 1.29 is 36.6 Å². The van der Waals surface area contributed by atoms with Crippen LogP contribution in [0.4, 0.5) is 4.39 Å². The predicted molar refractivity (Wildman–Crippen MR) is 177 cm³/mol. The molecule has 0 bridgehead atoms. The first-order chi connectivity index (χ1) is 23.2. The van der Waals surface area contributed by atoms with Gasteiger partial charge >= 0.3 is 0 Å². The van der Waals surface area contributed by atoms with Gasteiger partial charge in [0.2, 0.25) is 15.9 Å². The molecule has 48 heavy (non-hydrogen) atoms. The molecule has 0 aliphatic carbocycles. The molecular weight excluding hydrogens is 637 g/mol. The molecule has 12 heteroatoms. The van der Waals surface area contributed by atoms with Crippen LogP contribution in [0, 0.1) is 5.82 Å². The number of carbonyl (C=O) groups is 2. The van der Waals surface area contributed by atoms with Gasteiger partial charge in [-0.3, -0.25) is 9.59 Å². The average Bonchev–Trinajstić information content (AvgIpc) is 3.13. The quantitative estimate of drug-likeness (QED) is 0.213. The number of benzene rings is 4. The maximum absolute atomic E-state index is 13.9. The summed E-state index contributed by atoms with van der Waals surface area (Å²) < 4.78 is 57.7. The molecule has 0 spiro atoms. The van der Waals surface area contributed by atoms with Gasteiger partial charge in [-0.15, -0.1) is 0 Å². The molecule has 1 heterocycles. The third kappa shape index (κ3) is 8.97. The Morgan fingerprint density at radius 1 is 0.896 bits per heavy atom. The SMILES string of the molecule is COc1ccccc1CNC(=O)[C@@H](Cc1ccccc1)N(Cc1ccc(F)cc1)C(=O)COc1ccc(S(=O)(=O)N2CCOCC2)cc1. The molecule has 1 atom stereocenters. The zero-order valence-electron chi connectivity index (χ0n) is 26.6. The third-order valence-electron chi connectivity index (χ3n) is 7.98. The summed E-state index contributed by atoms with van der Waals surface area (Å²) in [6.07, 6.45) is 0.208. The minimum atomic E-state index is -3.70. The van der Waals surface area contributed by atoms with Crippen LogP contribution < -0.4 is 14.8 Å². The van der Waals surface area contributed by atoms with Gasteiger partial charge in [-0.05, 0) is 53.6 Å². The van der Waals surface area contributed by atoms with Crippen LogP contribution >= 0.6 is 0 Å². The van der Waals surface area contributed by atoms with E-state index in [4.69, 9.17) is 14.2 Å². The molecule has 10 nitrogen and oxygen atoms in total. The number of para-hydroxylation sites is 1. The molecule has 0 aromatic heterocycles. The number of methoxy groups -OCH3 is 1. The fraction of sp³-hybridized carbons (Fsp3) is 0.278. The Labute approximate surface area is 280 Å². The van der Waals surface area contributed by atoms with Crippen molar-refractivity contribution in [3.63, 3.8) is 0 Å². The molecule has 4 aromatic rings. The number of hydrogen-bond donors (Lipinski definition) is 1. The van der Waals surface area contributed by atoms with Crippen LogP contribution in [-0.2, 0) is 43.9 Å². The Balaban J connectivity index is 1.37. The second kappa shape index (κ2) is 16.4. The molecule has 1 N–H and O–H groups in total. The summed E-state index contributed by atoms with van der Waals surface area (Å²) in [6, 6.07) is 27.3. The van der Waals surface area contributed by atoms with Gasteiger partial charge in [0.05, 0.1) is 25.2 Å². The van der Waals surface area contributed by atoms with Crippen molar-refractivity contribution in [2.45, 2.75) is 30.4 Å². The number of nitrogens with zero attached hydrogens (tertiary/aromatic N) is 2. The van der Waals surface area contributed by atoms with Crippen LogP contribution in [-0.4, -0.2) is 75.5 Å². The van der Waals surface area contributed by atoms with Crippen LogP contribution in [0.25, 0.3) is 0 Å². The number of rotatable bonds is 14. The normalized spacial score (nSPS) is 14.1. The Bertz CT molecular complexity index is 1770. The summed E-state index contributed by atoms with van der Waals surface area (Å²) in [5, 5.41) is 2.96. The van der Waals surface area contributed by atoms with Gasteiger partial charge < -0.3 is 24.4 Å². The van der Waals surface area contributed by atoms with E-state index in [0.29, 0.717) is 24.5 Å². The van der Waals surface area contributed by atoms with Crippen molar-refractivity contribution in [3.8, 4) is 11.5 Å². The first-order valence-electron chi connectivity index (χ1n) is 15.5. The fourth-order valence-corrected chi connectivity index (χ4v) is 6.77. The van der Waals surface area contributed by atoms with Crippen LogP contribution in [0.2, 0.25) is 0 Å². The molecule has 0 saturated carbocycles. The smallest absolute Gasteiger partial charge is 0.261 e. The number of hydrogen-bond acceptors (Lipinski definition) is 7. The topological polar surface area (TPSA) is 114 Å². The highest BCUT2D eigenvalue weighted by molar-refractivity contribution is 7.89. The predicted octanol–water partition coefficient (Wildman–Crippen LogP) is 4.19. The molecule has 1 aliphatic rings. The third-order valence-corrected chi connectivity index (χ3v) is 9.89. The van der Waals surface area contributed by atoms with Crippen molar-refractivity contribution in [2.24, 2.45) is 0 Å². The van der Waals surface area contributed by atoms with E-state index in [1.807, 2.05) is 48.5 Å². The lowest BCUT2D eigenvalue weighted by atomic mass is 10.0. The second-order valence-electron chi connectivity index (χ2n) is 11.2. The minimum absolute atomic E-state index is 0.0127. The lowest BCUT2D eigenvalue weighted by Gasteiger charge is -2.31. The largest absolute Gasteiger partial charge is 0.496 e. The fourth-order valence-electron chi connectivity index (χ4n) is 5.36. The summed E-state index contributed by atoms with van der Waals surface area (Å²) >= 11 is 0. The van der Waals surface area contributed by atoms with Crippen molar-refractivity contribution in [2.75, 3.05) is 40.0 Å². The van der Waals surface area contributed by atoms with Crippen molar-refractivity contribution in [3.05, 3.63) is 126 Å². The van der Waals surface area contributed by atoms with Crippen molar-refractivity contribution in [1.82, 2.24) is 14.5 Å². The molecule has 252 valence electrons. The van der Waals surface area contributed by atoms with Gasteiger partial charge in [0.25, 0.3) is 5.91 Å². The van der Waals surface area contributed by atoms with Crippen LogP contribution in [0.1, 0.15) is 16.7 Å². The number of nitrogens with one attached hydrogen (secondary N) is 1. The van der Waals surface area contributed by atoms with Gasteiger partial charge in [-0.2, -0.15) is 4.31 Å². The Hall–Kier alpha value is -4.78. The first kappa shape index (κ1) is 34.6. The summed E-state index contributed by atoms with van der Waals surface area (Å²) in [4.78, 5) is 29.4. The molecule has 1 fully saturated rings. The van der Waals surface area contributed by atoms with E-state index in [-0.39, 0.29) is 43.2 Å². The second-order valence-corrected chi connectivity index (χ2v) is 13.1. The standard InChI is InChI=1S/C36H38FN3O7S/c1-45-34-10-6-5-9-29(34)24-38-36(42)33(23-27-7-3-2-4-8-27)40(25-28-11-13-30(37)14-12-28)35(41)26-47-31-15-17-32(18-16-31)48(43,44)39-19-21-46-22-20-39/h2-18,33H,19-26H2,1H3,(H,38,42)/t33-/m1/s1. The van der Waals surface area contributed by atoms with Gasteiger partial charge in [0.1, 0.15) is 23.4 Å². The highest BCUT2D eigenvalue weighted by Crippen LogP contribution is 2.22. The molecule has 1 saturated heterocycles. The van der Waals surface area contributed by atoms with Crippen LogP contribution in [0.3, 0.4) is 0 Å². The van der Waals surface area contributed by atoms with E-state index >= 15 is 0 Å². The number of amides is 2. The van der Waals surface area contributed by atoms with Gasteiger partial charge in [0.15, 0.2) is 6.61 Å². The van der Waals surface area contributed by atoms with Gasteiger partial charge in [-0.25, -0.2) is 12.8 Å². The van der Waals surface area contributed by atoms with E-state index in [0.717, 1.165) is 11.1 Å². The number of halogens is 1. The highest BCUT2D eigenvalue weighted by Gasteiger charge is 2.31. The monoisotopic (exact) mass is 675 g/mol. The van der Waals surface area contributed by atoms with E-state index < -0.39 is 40.3 Å². The molecule has 0 unspecified atom stereocenters. The number of ether oxygens (including phenoxy) is 3. The zero-order chi connectivity index (χ0) is 33.9.